The van der Waals surface area contributed by atoms with E-state index in [1.54, 1.807) is 12.4 Å². The van der Waals surface area contributed by atoms with E-state index in [0.29, 0.717) is 0 Å². The monoisotopic (exact) mass is 192 g/mol. The third-order valence-corrected chi connectivity index (χ3v) is 1.97. The molecule has 0 aromatic carbocycles. The van der Waals surface area contributed by atoms with E-state index in [1.807, 2.05) is 20.2 Å². The Morgan fingerprint density at radius 3 is 3.00 bits per heavy atom. The first-order valence-electron chi connectivity index (χ1n) is 4.58. The molecule has 1 aromatic heterocycles. The highest BCUT2D eigenvalue weighted by molar-refractivity contribution is 5.48. The summed E-state index contributed by atoms with van der Waals surface area (Å²) in [7, 11) is 3.94. The van der Waals surface area contributed by atoms with Crippen molar-refractivity contribution in [3.63, 3.8) is 0 Å². The zero-order valence-corrected chi connectivity index (χ0v) is 8.70. The molecule has 4 nitrogen and oxygen atoms in total. The summed E-state index contributed by atoms with van der Waals surface area (Å²) in [4.78, 5) is 10.3. The molecule has 0 aliphatic rings. The lowest BCUT2D eigenvalue weighted by Crippen LogP contribution is -2.27. The first-order chi connectivity index (χ1) is 6.77. The SMILES string of the molecule is C=Cc1cc(N(C)CCNC)ncn1. The average molecular weight is 192 g/mol. The second-order valence-electron chi connectivity index (χ2n) is 3.03. The molecule has 0 fully saturated rings. The summed E-state index contributed by atoms with van der Waals surface area (Å²) < 4.78 is 0. The van der Waals surface area contributed by atoms with Crippen LogP contribution in [0, 0.1) is 0 Å². The van der Waals surface area contributed by atoms with E-state index in [1.165, 1.54) is 0 Å². The quantitative estimate of drug-likeness (QED) is 0.748. The Hall–Kier alpha value is -1.42. The fourth-order valence-electron chi connectivity index (χ4n) is 1.08. The minimum absolute atomic E-state index is 0.853. The lowest BCUT2D eigenvalue weighted by Gasteiger charge is -2.17. The van der Waals surface area contributed by atoms with E-state index in [0.717, 1.165) is 24.6 Å². The molecule has 0 saturated carbocycles. The molecule has 1 N–H and O–H groups in total. The van der Waals surface area contributed by atoms with Crippen molar-refractivity contribution >= 4 is 11.9 Å². The Balaban J connectivity index is 2.68. The molecule has 1 heterocycles. The first kappa shape index (κ1) is 10.7. The molecule has 0 aliphatic heterocycles. The number of anilines is 1. The van der Waals surface area contributed by atoms with Crippen LogP contribution in [0.25, 0.3) is 6.08 Å². The van der Waals surface area contributed by atoms with Crippen LogP contribution in [0.4, 0.5) is 5.82 Å². The number of nitrogens with one attached hydrogen (secondary N) is 1. The van der Waals surface area contributed by atoms with Gasteiger partial charge in [0.05, 0.1) is 5.69 Å². The van der Waals surface area contributed by atoms with Gasteiger partial charge in [-0.1, -0.05) is 6.58 Å². The average Bonchev–Trinajstić information content (AvgIpc) is 2.26. The molecule has 4 heteroatoms. The Morgan fingerprint density at radius 1 is 1.57 bits per heavy atom. The largest absolute Gasteiger partial charge is 0.358 e. The predicted molar refractivity (Wildman–Crippen MR) is 59.3 cm³/mol. The van der Waals surface area contributed by atoms with Crippen molar-refractivity contribution in [3.05, 3.63) is 24.7 Å². The molecule has 1 rings (SSSR count). The molecular formula is C10H16N4. The van der Waals surface area contributed by atoms with Crippen LogP contribution >= 0.6 is 0 Å². The Morgan fingerprint density at radius 2 is 2.36 bits per heavy atom. The van der Waals surface area contributed by atoms with Gasteiger partial charge in [-0.25, -0.2) is 9.97 Å². The molecule has 0 aliphatic carbocycles. The van der Waals surface area contributed by atoms with Crippen LogP contribution in [0.15, 0.2) is 19.0 Å². The van der Waals surface area contributed by atoms with E-state index in [-0.39, 0.29) is 0 Å². The highest BCUT2D eigenvalue weighted by Crippen LogP contribution is 2.08. The van der Waals surface area contributed by atoms with Gasteiger partial charge in [0.15, 0.2) is 0 Å². The summed E-state index contributed by atoms with van der Waals surface area (Å²) in [5.74, 6) is 0.921. The number of likely N-dealkylation sites (N-methyl/N-ethyl adjacent to an activating group) is 2. The normalized spacial score (nSPS) is 9.86. The van der Waals surface area contributed by atoms with Crippen molar-refractivity contribution < 1.29 is 0 Å². The molecule has 1 aromatic rings. The number of rotatable bonds is 5. The number of hydrogen-bond acceptors (Lipinski definition) is 4. The van der Waals surface area contributed by atoms with Crippen LogP contribution in [0.1, 0.15) is 5.69 Å². The maximum absolute atomic E-state index is 4.18. The van der Waals surface area contributed by atoms with Gasteiger partial charge in [0, 0.05) is 26.2 Å². The van der Waals surface area contributed by atoms with Gasteiger partial charge in [0.2, 0.25) is 0 Å². The van der Waals surface area contributed by atoms with Crippen molar-refractivity contribution in [3.8, 4) is 0 Å². The maximum atomic E-state index is 4.18. The number of hydrogen-bond donors (Lipinski definition) is 1. The summed E-state index contributed by atoms with van der Waals surface area (Å²) in [6.45, 7) is 5.53. The van der Waals surface area contributed by atoms with Crippen molar-refractivity contribution in [2.45, 2.75) is 0 Å². The Bertz CT molecular complexity index is 298. The molecular weight excluding hydrogens is 176 g/mol. The van der Waals surface area contributed by atoms with Crippen LogP contribution in [-0.4, -0.2) is 37.2 Å². The Kier molecular flexibility index (Phi) is 4.07. The minimum Gasteiger partial charge on any atom is -0.358 e. The molecule has 0 saturated heterocycles. The summed E-state index contributed by atoms with van der Waals surface area (Å²) in [6, 6.07) is 1.92. The highest BCUT2D eigenvalue weighted by atomic mass is 15.2. The molecule has 76 valence electrons. The second kappa shape index (κ2) is 5.34. The van der Waals surface area contributed by atoms with Gasteiger partial charge >= 0.3 is 0 Å². The minimum atomic E-state index is 0.853. The summed E-state index contributed by atoms with van der Waals surface area (Å²) in [5, 5.41) is 3.09. The van der Waals surface area contributed by atoms with Gasteiger partial charge in [-0.05, 0) is 13.1 Å². The van der Waals surface area contributed by atoms with E-state index in [4.69, 9.17) is 0 Å². The molecule has 0 radical (unpaired) electrons. The van der Waals surface area contributed by atoms with Crippen LogP contribution in [-0.2, 0) is 0 Å². The summed E-state index contributed by atoms with van der Waals surface area (Å²) >= 11 is 0. The van der Waals surface area contributed by atoms with Gasteiger partial charge in [-0.2, -0.15) is 0 Å². The zero-order chi connectivity index (χ0) is 10.4. The van der Waals surface area contributed by atoms with Crippen molar-refractivity contribution in [1.29, 1.82) is 0 Å². The zero-order valence-electron chi connectivity index (χ0n) is 8.70. The molecule has 0 bridgehead atoms. The molecule has 0 spiro atoms. The summed E-state index contributed by atoms with van der Waals surface area (Å²) in [5.41, 5.74) is 0.853. The van der Waals surface area contributed by atoms with Gasteiger partial charge in [-0.3, -0.25) is 0 Å². The van der Waals surface area contributed by atoms with Gasteiger partial charge in [0.25, 0.3) is 0 Å². The molecule has 14 heavy (non-hydrogen) atoms. The first-order valence-corrected chi connectivity index (χ1v) is 4.58. The highest BCUT2D eigenvalue weighted by Gasteiger charge is 2.01. The van der Waals surface area contributed by atoms with Crippen LogP contribution in [0.5, 0.6) is 0 Å². The van der Waals surface area contributed by atoms with Crippen LogP contribution in [0.2, 0.25) is 0 Å². The van der Waals surface area contributed by atoms with Crippen molar-refractivity contribution in [2.24, 2.45) is 0 Å². The second-order valence-corrected chi connectivity index (χ2v) is 3.03. The van der Waals surface area contributed by atoms with E-state index < -0.39 is 0 Å². The fraction of sp³-hybridized carbons (Fsp3) is 0.400. The fourth-order valence-corrected chi connectivity index (χ4v) is 1.08. The lowest BCUT2D eigenvalue weighted by molar-refractivity contribution is 0.760. The Labute approximate surface area is 84.7 Å². The number of nitrogens with zero attached hydrogens (tertiary/aromatic N) is 3. The molecule has 0 atom stereocenters. The lowest BCUT2D eigenvalue weighted by atomic mass is 10.3. The molecule has 0 unspecified atom stereocenters. The van der Waals surface area contributed by atoms with Gasteiger partial charge < -0.3 is 10.2 Å². The van der Waals surface area contributed by atoms with Crippen LogP contribution in [0.3, 0.4) is 0 Å². The smallest absolute Gasteiger partial charge is 0.132 e. The van der Waals surface area contributed by atoms with E-state index in [9.17, 15) is 0 Å². The van der Waals surface area contributed by atoms with E-state index >= 15 is 0 Å². The molecule has 0 amide bonds. The van der Waals surface area contributed by atoms with E-state index in [2.05, 4.69) is 26.8 Å². The van der Waals surface area contributed by atoms with Gasteiger partial charge in [0.1, 0.15) is 12.1 Å². The number of aromatic nitrogens is 2. The van der Waals surface area contributed by atoms with Crippen LogP contribution < -0.4 is 10.2 Å². The third-order valence-electron chi connectivity index (χ3n) is 1.97. The topological polar surface area (TPSA) is 41.0 Å². The van der Waals surface area contributed by atoms with Gasteiger partial charge in [-0.15, -0.1) is 0 Å². The predicted octanol–water partition coefficient (Wildman–Crippen LogP) is 0.775. The summed E-state index contributed by atoms with van der Waals surface area (Å²) in [6.07, 6.45) is 3.28. The standard InChI is InChI=1S/C10H16N4/c1-4-9-7-10(13-8-12-9)14(3)6-5-11-2/h4,7-8,11H,1,5-6H2,2-3H3. The van der Waals surface area contributed by atoms with Crippen molar-refractivity contribution in [2.75, 3.05) is 32.1 Å². The third kappa shape index (κ3) is 2.81. The maximum Gasteiger partial charge on any atom is 0.132 e. The van der Waals surface area contributed by atoms with Crippen molar-refractivity contribution in [1.82, 2.24) is 15.3 Å².